The van der Waals surface area contributed by atoms with Gasteiger partial charge in [-0.3, -0.25) is 0 Å². The summed E-state index contributed by atoms with van der Waals surface area (Å²) < 4.78 is 6.51. The van der Waals surface area contributed by atoms with Crippen molar-refractivity contribution in [1.82, 2.24) is 25.1 Å². The van der Waals surface area contributed by atoms with Crippen LogP contribution >= 0.6 is 0 Å². The molecule has 3 rings (SSSR count). The van der Waals surface area contributed by atoms with Gasteiger partial charge in [-0.05, 0) is 18.2 Å². The molecule has 0 aliphatic carbocycles. The van der Waals surface area contributed by atoms with Gasteiger partial charge in [0.25, 0.3) is 0 Å². The summed E-state index contributed by atoms with van der Waals surface area (Å²) in [4.78, 5) is 14.8. The molecule has 0 bridgehead atoms. The number of carbonyl (C=O) groups is 1. The van der Waals surface area contributed by atoms with Crippen molar-refractivity contribution in [1.29, 1.82) is 0 Å². The molecule has 0 radical (unpaired) electrons. The molecule has 96 valence electrons. The van der Waals surface area contributed by atoms with Crippen LogP contribution in [0.2, 0.25) is 0 Å². The third kappa shape index (κ3) is 2.15. The van der Waals surface area contributed by atoms with Crippen LogP contribution in [0.4, 0.5) is 0 Å². The number of hydrogen-bond acceptors (Lipinski definition) is 6. The quantitative estimate of drug-likeness (QED) is 0.736. The van der Waals surface area contributed by atoms with Crippen LogP contribution in [0.3, 0.4) is 0 Å². The molecule has 2 aromatic heterocycles. The molecule has 1 aromatic carbocycles. The van der Waals surface area contributed by atoms with E-state index >= 15 is 0 Å². The lowest BCUT2D eigenvalue weighted by Gasteiger charge is -2.00. The number of rotatable bonds is 4. The van der Waals surface area contributed by atoms with E-state index in [-0.39, 0.29) is 5.56 Å². The van der Waals surface area contributed by atoms with Crippen molar-refractivity contribution in [3.05, 3.63) is 36.0 Å². The molecule has 8 heteroatoms. The highest BCUT2D eigenvalue weighted by atomic mass is 16.5. The fourth-order valence-corrected chi connectivity index (χ4v) is 1.77. The van der Waals surface area contributed by atoms with Gasteiger partial charge in [-0.1, -0.05) is 10.4 Å². The van der Waals surface area contributed by atoms with E-state index in [0.717, 1.165) is 0 Å². The highest BCUT2D eigenvalue weighted by molar-refractivity contribution is 5.92. The molecule has 0 aliphatic heterocycles. The first-order valence-electron chi connectivity index (χ1n) is 5.56. The second kappa shape index (κ2) is 4.48. The summed E-state index contributed by atoms with van der Waals surface area (Å²) >= 11 is 0. The predicted octanol–water partition coefficient (Wildman–Crippen LogP) is 0.755. The first-order valence-corrected chi connectivity index (χ1v) is 5.56. The van der Waals surface area contributed by atoms with Gasteiger partial charge < -0.3 is 9.63 Å². The molecule has 3 aromatic rings. The van der Waals surface area contributed by atoms with Gasteiger partial charge in [0.05, 0.1) is 17.6 Å². The fourth-order valence-electron chi connectivity index (χ4n) is 1.77. The lowest BCUT2D eigenvalue weighted by molar-refractivity contribution is 0.0697. The molecule has 0 unspecified atom stereocenters. The Balaban J connectivity index is 1.90. The van der Waals surface area contributed by atoms with E-state index in [1.165, 1.54) is 12.4 Å². The zero-order valence-corrected chi connectivity index (χ0v) is 9.72. The Morgan fingerprint density at radius 2 is 2.32 bits per heavy atom. The Morgan fingerprint density at radius 1 is 1.42 bits per heavy atom. The molecule has 0 spiro atoms. The Labute approximate surface area is 106 Å². The monoisotopic (exact) mass is 259 g/mol. The molecule has 8 nitrogen and oxygen atoms in total. The number of nitrogens with zero attached hydrogens (tertiary/aromatic N) is 5. The van der Waals surface area contributed by atoms with Crippen LogP contribution in [-0.2, 0) is 13.0 Å². The Hall–Kier alpha value is -2.77. The van der Waals surface area contributed by atoms with Crippen molar-refractivity contribution >= 4 is 17.0 Å². The maximum absolute atomic E-state index is 10.9. The number of aromatic carboxylic acids is 1. The van der Waals surface area contributed by atoms with Crippen molar-refractivity contribution in [3.63, 3.8) is 0 Å². The minimum Gasteiger partial charge on any atom is -0.478 e. The largest absolute Gasteiger partial charge is 0.478 e. The number of aromatic nitrogens is 5. The highest BCUT2D eigenvalue weighted by Crippen LogP contribution is 2.14. The Bertz CT molecular complexity index is 719. The number of hydrogen-bond donors (Lipinski definition) is 1. The number of benzene rings is 1. The number of carboxylic acid groups (broad SMARTS) is 1. The van der Waals surface area contributed by atoms with E-state index in [4.69, 9.17) is 9.63 Å². The standard InChI is InChI=1S/C11H9N5O3/c17-11(18)7-1-2-8-9(5-7)16(15-14-8)4-3-10-12-6-13-19-10/h1-2,5-6H,3-4H2,(H,17,18). The van der Waals surface area contributed by atoms with Crippen molar-refractivity contribution in [2.24, 2.45) is 0 Å². The second-order valence-electron chi connectivity index (χ2n) is 3.91. The summed E-state index contributed by atoms with van der Waals surface area (Å²) in [5.74, 6) is -0.482. The van der Waals surface area contributed by atoms with E-state index in [9.17, 15) is 4.79 Å². The molecule has 1 N–H and O–H groups in total. The van der Waals surface area contributed by atoms with Gasteiger partial charge in [0.2, 0.25) is 5.89 Å². The Kier molecular flexibility index (Phi) is 2.67. The van der Waals surface area contributed by atoms with E-state index in [1.807, 2.05) is 0 Å². The third-order valence-electron chi connectivity index (χ3n) is 2.71. The summed E-state index contributed by atoms with van der Waals surface area (Å²) in [5, 5.41) is 20.4. The molecule has 0 saturated carbocycles. The molecule has 0 amide bonds. The van der Waals surface area contributed by atoms with Crippen LogP contribution in [0.5, 0.6) is 0 Å². The zero-order valence-electron chi connectivity index (χ0n) is 9.72. The van der Waals surface area contributed by atoms with Crippen molar-refractivity contribution in [3.8, 4) is 0 Å². The van der Waals surface area contributed by atoms with Gasteiger partial charge in [-0.2, -0.15) is 4.98 Å². The van der Waals surface area contributed by atoms with Crippen LogP contribution in [0.25, 0.3) is 11.0 Å². The van der Waals surface area contributed by atoms with Gasteiger partial charge in [0.1, 0.15) is 5.52 Å². The van der Waals surface area contributed by atoms with Gasteiger partial charge >= 0.3 is 5.97 Å². The first-order chi connectivity index (χ1) is 9.24. The van der Waals surface area contributed by atoms with E-state index in [0.29, 0.717) is 29.9 Å². The van der Waals surface area contributed by atoms with Crippen LogP contribution in [0, 0.1) is 0 Å². The molecule has 0 saturated heterocycles. The summed E-state index contributed by atoms with van der Waals surface area (Å²) in [7, 11) is 0. The number of fused-ring (bicyclic) bond motifs is 1. The normalized spacial score (nSPS) is 10.9. The molecule has 0 aliphatic rings. The smallest absolute Gasteiger partial charge is 0.335 e. The summed E-state index contributed by atoms with van der Waals surface area (Å²) in [6.07, 6.45) is 1.84. The van der Waals surface area contributed by atoms with Gasteiger partial charge in [0.15, 0.2) is 6.33 Å². The van der Waals surface area contributed by atoms with Gasteiger partial charge in [-0.15, -0.1) is 5.10 Å². The topological polar surface area (TPSA) is 107 Å². The van der Waals surface area contributed by atoms with Crippen LogP contribution in [0.1, 0.15) is 16.2 Å². The van der Waals surface area contributed by atoms with Crippen molar-refractivity contribution in [2.75, 3.05) is 0 Å². The second-order valence-corrected chi connectivity index (χ2v) is 3.91. The van der Waals surface area contributed by atoms with E-state index < -0.39 is 5.97 Å². The number of aryl methyl sites for hydroxylation is 2. The molecule has 19 heavy (non-hydrogen) atoms. The SMILES string of the molecule is O=C(O)c1ccc2nnn(CCc3ncno3)c2c1. The van der Waals surface area contributed by atoms with Crippen molar-refractivity contribution < 1.29 is 14.4 Å². The zero-order chi connectivity index (χ0) is 13.2. The number of carboxylic acids is 1. The lowest BCUT2D eigenvalue weighted by atomic mass is 10.2. The molecular weight excluding hydrogens is 250 g/mol. The predicted molar refractivity (Wildman–Crippen MR) is 62.5 cm³/mol. The minimum absolute atomic E-state index is 0.203. The molecule has 0 fully saturated rings. The summed E-state index contributed by atoms with van der Waals surface area (Å²) in [6.45, 7) is 0.488. The van der Waals surface area contributed by atoms with E-state index in [2.05, 4.69) is 20.5 Å². The van der Waals surface area contributed by atoms with Crippen LogP contribution < -0.4 is 0 Å². The van der Waals surface area contributed by atoms with Gasteiger partial charge in [0, 0.05) is 6.42 Å². The van der Waals surface area contributed by atoms with Gasteiger partial charge in [-0.25, -0.2) is 9.48 Å². The molecule has 2 heterocycles. The Morgan fingerprint density at radius 3 is 3.05 bits per heavy atom. The van der Waals surface area contributed by atoms with Crippen LogP contribution in [-0.4, -0.2) is 36.2 Å². The maximum atomic E-state index is 10.9. The molecular formula is C11H9N5O3. The highest BCUT2D eigenvalue weighted by Gasteiger charge is 2.10. The third-order valence-corrected chi connectivity index (χ3v) is 2.71. The molecule has 0 atom stereocenters. The minimum atomic E-state index is -0.980. The van der Waals surface area contributed by atoms with Crippen LogP contribution in [0.15, 0.2) is 29.0 Å². The van der Waals surface area contributed by atoms with E-state index in [1.54, 1.807) is 16.8 Å². The first kappa shape index (κ1) is 11.3. The van der Waals surface area contributed by atoms with Crippen molar-refractivity contribution in [2.45, 2.75) is 13.0 Å². The average molecular weight is 259 g/mol. The lowest BCUT2D eigenvalue weighted by Crippen LogP contribution is -2.04. The average Bonchev–Trinajstić information content (AvgIpc) is 3.05. The maximum Gasteiger partial charge on any atom is 0.335 e. The summed E-state index contributed by atoms with van der Waals surface area (Å²) in [6, 6.07) is 4.68. The summed E-state index contributed by atoms with van der Waals surface area (Å²) in [5.41, 5.74) is 1.52. The fraction of sp³-hybridized carbons (Fsp3) is 0.182.